The SMILES string of the molecule is c1ccc(-n2c3ccccc3c3ccc(-c4nccnc4-n4c5ccc6ccccc6c5c5c6ccccc6ccc54)cc32)cc1. The summed E-state index contributed by atoms with van der Waals surface area (Å²) >= 11 is 0. The van der Waals surface area contributed by atoms with Crippen molar-refractivity contribution in [2.45, 2.75) is 0 Å². The average Bonchev–Trinajstić information content (AvgIpc) is 3.65. The molecule has 0 amide bonds. The van der Waals surface area contributed by atoms with Crippen LogP contribution in [-0.4, -0.2) is 19.1 Å². The number of hydrogen-bond acceptors (Lipinski definition) is 2. The molecule has 214 valence electrons. The highest BCUT2D eigenvalue weighted by atomic mass is 15.1. The molecule has 0 aliphatic carbocycles. The molecule has 4 nitrogen and oxygen atoms in total. The minimum atomic E-state index is 0.815. The second kappa shape index (κ2) is 9.62. The highest BCUT2D eigenvalue weighted by Gasteiger charge is 2.21. The van der Waals surface area contributed by atoms with Crippen LogP contribution in [0, 0.1) is 0 Å². The van der Waals surface area contributed by atoms with Gasteiger partial charge >= 0.3 is 0 Å². The number of benzene rings is 7. The van der Waals surface area contributed by atoms with Gasteiger partial charge in [0.15, 0.2) is 5.82 Å². The van der Waals surface area contributed by atoms with Crippen molar-refractivity contribution in [1.82, 2.24) is 19.1 Å². The third-order valence-electron chi connectivity index (χ3n) is 9.40. The van der Waals surface area contributed by atoms with Gasteiger partial charge in [0.1, 0.15) is 5.69 Å². The Morgan fingerprint density at radius 3 is 1.70 bits per heavy atom. The summed E-state index contributed by atoms with van der Waals surface area (Å²) in [5, 5.41) is 9.83. The molecule has 0 aliphatic heterocycles. The molecule has 10 aromatic rings. The number of hydrogen-bond donors (Lipinski definition) is 0. The first-order valence-corrected chi connectivity index (χ1v) is 15.6. The van der Waals surface area contributed by atoms with E-state index in [1.54, 1.807) is 12.4 Å². The highest BCUT2D eigenvalue weighted by Crippen LogP contribution is 2.42. The highest BCUT2D eigenvalue weighted by molar-refractivity contribution is 6.28. The third kappa shape index (κ3) is 3.49. The van der Waals surface area contributed by atoms with Gasteiger partial charge in [0.25, 0.3) is 0 Å². The first-order chi connectivity index (χ1) is 22.8. The summed E-state index contributed by atoms with van der Waals surface area (Å²) in [5.41, 5.74) is 7.55. The van der Waals surface area contributed by atoms with Gasteiger partial charge in [0, 0.05) is 45.2 Å². The number of rotatable bonds is 3. The van der Waals surface area contributed by atoms with E-state index in [1.165, 1.54) is 48.6 Å². The van der Waals surface area contributed by atoms with E-state index in [-0.39, 0.29) is 0 Å². The molecular formula is C42H26N4. The fourth-order valence-corrected chi connectivity index (χ4v) is 7.45. The maximum Gasteiger partial charge on any atom is 0.164 e. The molecule has 46 heavy (non-hydrogen) atoms. The van der Waals surface area contributed by atoms with Gasteiger partial charge in [-0.25, -0.2) is 4.98 Å². The normalized spacial score (nSPS) is 11.9. The van der Waals surface area contributed by atoms with Crippen molar-refractivity contribution < 1.29 is 0 Å². The van der Waals surface area contributed by atoms with Gasteiger partial charge in [-0.1, -0.05) is 109 Å². The predicted molar refractivity (Wildman–Crippen MR) is 191 cm³/mol. The summed E-state index contributed by atoms with van der Waals surface area (Å²) in [5.74, 6) is 0.815. The van der Waals surface area contributed by atoms with Crippen LogP contribution in [0.3, 0.4) is 0 Å². The molecule has 0 N–H and O–H groups in total. The van der Waals surface area contributed by atoms with E-state index in [1.807, 2.05) is 0 Å². The second-order valence-corrected chi connectivity index (χ2v) is 11.8. The molecule has 0 atom stereocenters. The molecule has 7 aromatic carbocycles. The predicted octanol–water partition coefficient (Wildman–Crippen LogP) is 10.6. The molecule has 10 rings (SSSR count). The third-order valence-corrected chi connectivity index (χ3v) is 9.40. The first-order valence-electron chi connectivity index (χ1n) is 15.6. The number of fused-ring (bicyclic) bond motifs is 10. The lowest BCUT2D eigenvalue weighted by molar-refractivity contribution is 1.05. The molecule has 0 saturated carbocycles. The lowest BCUT2D eigenvalue weighted by atomic mass is 10.00. The molecule has 0 spiro atoms. The van der Waals surface area contributed by atoms with Gasteiger partial charge in [-0.2, -0.15) is 0 Å². The fraction of sp³-hybridized carbons (Fsp3) is 0. The van der Waals surface area contributed by atoms with Crippen LogP contribution in [0.15, 0.2) is 158 Å². The standard InChI is InChI=1S/C42H26N4/c1-2-12-30(13-3-1)45-35-17-9-8-16-33(35)34-21-18-29(26-38(34)45)41-42(44-25-24-43-41)46-36-22-19-27-10-4-6-14-31(27)39(36)40-32-15-7-5-11-28(32)20-23-37(40)46/h1-26H. The Balaban J connectivity index is 1.30. The first kappa shape index (κ1) is 25.1. The Morgan fingerprint density at radius 1 is 0.391 bits per heavy atom. The number of nitrogens with zero attached hydrogens (tertiary/aromatic N) is 4. The summed E-state index contributed by atoms with van der Waals surface area (Å²) in [4.78, 5) is 10.1. The van der Waals surface area contributed by atoms with Gasteiger partial charge in [0.2, 0.25) is 0 Å². The van der Waals surface area contributed by atoms with Crippen LogP contribution >= 0.6 is 0 Å². The van der Waals surface area contributed by atoms with E-state index in [0.29, 0.717) is 0 Å². The van der Waals surface area contributed by atoms with E-state index in [2.05, 4.69) is 155 Å². The molecule has 0 fully saturated rings. The molecule has 0 aliphatic rings. The summed E-state index contributed by atoms with van der Waals surface area (Å²) in [7, 11) is 0. The Kier molecular flexibility index (Phi) is 5.25. The molecule has 4 heteroatoms. The van der Waals surface area contributed by atoms with Gasteiger partial charge in [-0.05, 0) is 57.9 Å². The summed E-state index contributed by atoms with van der Waals surface area (Å²) in [6.07, 6.45) is 3.60. The van der Waals surface area contributed by atoms with Crippen molar-refractivity contribution >= 4 is 65.2 Å². The van der Waals surface area contributed by atoms with Crippen LogP contribution in [0.2, 0.25) is 0 Å². The molecular weight excluding hydrogens is 560 g/mol. The largest absolute Gasteiger partial charge is 0.309 e. The lowest BCUT2D eigenvalue weighted by Gasteiger charge is -2.13. The molecule has 0 saturated heterocycles. The molecule has 0 unspecified atom stereocenters. The maximum absolute atomic E-state index is 5.06. The van der Waals surface area contributed by atoms with Crippen LogP contribution in [-0.2, 0) is 0 Å². The summed E-state index contributed by atoms with van der Waals surface area (Å²) in [6, 6.07) is 52.1. The van der Waals surface area contributed by atoms with Crippen LogP contribution in [0.1, 0.15) is 0 Å². The van der Waals surface area contributed by atoms with E-state index < -0.39 is 0 Å². The molecule has 3 heterocycles. The van der Waals surface area contributed by atoms with Crippen LogP contribution < -0.4 is 0 Å². The van der Waals surface area contributed by atoms with Crippen LogP contribution in [0.4, 0.5) is 0 Å². The molecule has 0 radical (unpaired) electrons. The zero-order valence-corrected chi connectivity index (χ0v) is 24.8. The monoisotopic (exact) mass is 586 g/mol. The van der Waals surface area contributed by atoms with Crippen molar-refractivity contribution in [1.29, 1.82) is 0 Å². The van der Waals surface area contributed by atoms with Crippen molar-refractivity contribution in [3.63, 3.8) is 0 Å². The summed E-state index contributed by atoms with van der Waals surface area (Å²) < 4.78 is 4.66. The summed E-state index contributed by atoms with van der Waals surface area (Å²) in [6.45, 7) is 0. The smallest absolute Gasteiger partial charge is 0.164 e. The molecule has 3 aromatic heterocycles. The average molecular weight is 587 g/mol. The van der Waals surface area contributed by atoms with Crippen molar-refractivity contribution in [3.05, 3.63) is 158 Å². The van der Waals surface area contributed by atoms with Crippen LogP contribution in [0.25, 0.3) is 87.9 Å². The Morgan fingerprint density at radius 2 is 0.978 bits per heavy atom. The Hall–Kier alpha value is -6.26. The number of para-hydroxylation sites is 2. The quantitative estimate of drug-likeness (QED) is 0.206. The van der Waals surface area contributed by atoms with Crippen molar-refractivity contribution in [3.8, 4) is 22.8 Å². The van der Waals surface area contributed by atoms with E-state index in [9.17, 15) is 0 Å². The van der Waals surface area contributed by atoms with Crippen molar-refractivity contribution in [2.75, 3.05) is 0 Å². The van der Waals surface area contributed by atoms with Gasteiger partial charge in [-0.15, -0.1) is 0 Å². The minimum absolute atomic E-state index is 0.815. The fourth-order valence-electron chi connectivity index (χ4n) is 7.45. The maximum atomic E-state index is 5.06. The van der Waals surface area contributed by atoms with E-state index in [4.69, 9.17) is 9.97 Å². The zero-order chi connectivity index (χ0) is 30.2. The minimum Gasteiger partial charge on any atom is -0.309 e. The van der Waals surface area contributed by atoms with Crippen molar-refractivity contribution in [2.24, 2.45) is 0 Å². The lowest BCUT2D eigenvalue weighted by Crippen LogP contribution is -2.02. The molecule has 0 bridgehead atoms. The van der Waals surface area contributed by atoms with E-state index >= 15 is 0 Å². The van der Waals surface area contributed by atoms with Gasteiger partial charge in [0.05, 0.1) is 22.1 Å². The topological polar surface area (TPSA) is 35.6 Å². The number of aromatic nitrogens is 4. The van der Waals surface area contributed by atoms with Gasteiger partial charge in [-0.3, -0.25) is 9.55 Å². The van der Waals surface area contributed by atoms with E-state index in [0.717, 1.165) is 39.3 Å². The Labute approximate surface area is 264 Å². The second-order valence-electron chi connectivity index (χ2n) is 11.8. The Bertz CT molecular complexity index is 2710. The van der Waals surface area contributed by atoms with Gasteiger partial charge < -0.3 is 4.57 Å². The zero-order valence-electron chi connectivity index (χ0n) is 24.8. The van der Waals surface area contributed by atoms with Crippen LogP contribution in [0.5, 0.6) is 0 Å².